The van der Waals surface area contributed by atoms with Gasteiger partial charge in [0, 0.05) is 38.0 Å². The highest BCUT2D eigenvalue weighted by Gasteiger charge is 2.33. The summed E-state index contributed by atoms with van der Waals surface area (Å²) in [5.41, 5.74) is 0.0272. The van der Waals surface area contributed by atoms with Crippen molar-refractivity contribution >= 4 is 5.91 Å². The Balaban J connectivity index is 1.45. The van der Waals surface area contributed by atoms with Gasteiger partial charge in [-0.3, -0.25) is 9.36 Å². The summed E-state index contributed by atoms with van der Waals surface area (Å²) < 4.78 is 3.47. The molecule has 2 fully saturated rings. The van der Waals surface area contributed by atoms with Crippen LogP contribution in [0.3, 0.4) is 0 Å². The van der Waals surface area contributed by atoms with Crippen LogP contribution in [0.4, 0.5) is 0 Å². The Bertz CT molecular complexity index is 733. The molecule has 1 aliphatic heterocycles. The molecule has 0 aromatic carbocycles. The van der Waals surface area contributed by atoms with Gasteiger partial charge in [0.25, 0.3) is 0 Å². The van der Waals surface area contributed by atoms with Crippen LogP contribution < -0.4 is 5.69 Å². The topological polar surface area (TPSA) is 60.1 Å². The Morgan fingerprint density at radius 1 is 1.08 bits per heavy atom. The van der Waals surface area contributed by atoms with Gasteiger partial charge in [-0.2, -0.15) is 5.10 Å². The van der Waals surface area contributed by atoms with Crippen LogP contribution in [0.1, 0.15) is 75.6 Å². The molecule has 0 N–H and O–H groups in total. The van der Waals surface area contributed by atoms with Crippen molar-refractivity contribution in [3.05, 3.63) is 28.5 Å². The molecule has 6 heteroatoms. The molecule has 26 heavy (non-hydrogen) atoms. The number of carbonyl (C=O) groups excluding carboxylic acids is 1. The molecule has 1 aromatic rings. The molecule has 4 rings (SSSR count). The maximum absolute atomic E-state index is 12.7. The van der Waals surface area contributed by atoms with E-state index in [9.17, 15) is 9.59 Å². The fourth-order valence-electron chi connectivity index (χ4n) is 4.92. The first-order chi connectivity index (χ1) is 12.6. The lowest BCUT2D eigenvalue weighted by molar-refractivity contribution is -0.136. The number of aromatic nitrogens is 3. The lowest BCUT2D eigenvalue weighted by Crippen LogP contribution is -2.42. The Morgan fingerprint density at radius 3 is 2.46 bits per heavy atom. The minimum absolute atomic E-state index is 0.0272. The van der Waals surface area contributed by atoms with E-state index in [1.54, 1.807) is 7.05 Å². The third-order valence-electron chi connectivity index (χ3n) is 6.46. The van der Waals surface area contributed by atoms with E-state index in [-0.39, 0.29) is 11.6 Å². The highest BCUT2D eigenvalue weighted by molar-refractivity contribution is 5.79. The number of likely N-dealkylation sites (tertiary alicyclic amines) is 1. The second-order valence-corrected chi connectivity index (χ2v) is 8.15. The standard InChI is InChI=1S/C20H30N4O2/c1-22-20(26)24(17-9-5-6-10-17)18(21-22)15-11-13-23(14-12-15)19(25)16-7-3-2-4-8-16/h2-3,15-17H,4-14H2,1H3. The first-order valence-corrected chi connectivity index (χ1v) is 10.2. The van der Waals surface area contributed by atoms with Gasteiger partial charge in [-0.25, -0.2) is 9.48 Å². The Labute approximate surface area is 154 Å². The fraction of sp³-hybridized carbons (Fsp3) is 0.750. The van der Waals surface area contributed by atoms with Crippen molar-refractivity contribution in [3.63, 3.8) is 0 Å². The van der Waals surface area contributed by atoms with Crippen LogP contribution in [0.2, 0.25) is 0 Å². The molecule has 0 spiro atoms. The largest absolute Gasteiger partial charge is 0.345 e. The summed E-state index contributed by atoms with van der Waals surface area (Å²) in [6.45, 7) is 1.58. The number of carbonyl (C=O) groups is 1. The van der Waals surface area contributed by atoms with E-state index in [1.165, 1.54) is 17.5 Å². The quantitative estimate of drug-likeness (QED) is 0.781. The van der Waals surface area contributed by atoms with Crippen LogP contribution >= 0.6 is 0 Å². The summed E-state index contributed by atoms with van der Waals surface area (Å²) in [5, 5.41) is 4.59. The minimum atomic E-state index is 0.0272. The number of piperidine rings is 1. The molecule has 1 saturated heterocycles. The van der Waals surface area contributed by atoms with E-state index in [2.05, 4.69) is 17.3 Å². The molecule has 1 saturated carbocycles. The highest BCUT2D eigenvalue weighted by atomic mass is 16.2. The Morgan fingerprint density at radius 2 is 1.81 bits per heavy atom. The van der Waals surface area contributed by atoms with Gasteiger partial charge in [0.05, 0.1) is 0 Å². The van der Waals surface area contributed by atoms with Crippen molar-refractivity contribution in [3.8, 4) is 0 Å². The molecule has 6 nitrogen and oxygen atoms in total. The zero-order valence-electron chi connectivity index (χ0n) is 15.8. The Hall–Kier alpha value is -1.85. The van der Waals surface area contributed by atoms with Gasteiger partial charge < -0.3 is 4.90 Å². The van der Waals surface area contributed by atoms with E-state index in [0.717, 1.165) is 63.9 Å². The van der Waals surface area contributed by atoms with Crippen LogP contribution in [-0.4, -0.2) is 38.2 Å². The molecule has 0 bridgehead atoms. The van der Waals surface area contributed by atoms with Crippen molar-refractivity contribution in [1.29, 1.82) is 0 Å². The molecule has 3 aliphatic rings. The minimum Gasteiger partial charge on any atom is -0.342 e. The molecule has 1 amide bonds. The first-order valence-electron chi connectivity index (χ1n) is 10.2. The van der Waals surface area contributed by atoms with Crippen LogP contribution in [0.15, 0.2) is 16.9 Å². The van der Waals surface area contributed by atoms with E-state index < -0.39 is 0 Å². The second-order valence-electron chi connectivity index (χ2n) is 8.15. The predicted octanol–water partition coefficient (Wildman–Crippen LogP) is 2.76. The van der Waals surface area contributed by atoms with Gasteiger partial charge >= 0.3 is 5.69 Å². The summed E-state index contributed by atoms with van der Waals surface area (Å²) in [5.74, 6) is 1.74. The van der Waals surface area contributed by atoms with Crippen molar-refractivity contribution in [1.82, 2.24) is 19.2 Å². The smallest absolute Gasteiger partial charge is 0.342 e. The lowest BCUT2D eigenvalue weighted by Gasteiger charge is -2.34. The van der Waals surface area contributed by atoms with Crippen molar-refractivity contribution in [2.45, 2.75) is 69.7 Å². The predicted molar refractivity (Wildman–Crippen MR) is 100 cm³/mol. The van der Waals surface area contributed by atoms with Crippen LogP contribution in [0.5, 0.6) is 0 Å². The molecular weight excluding hydrogens is 328 g/mol. The molecule has 1 aromatic heterocycles. The molecule has 1 atom stereocenters. The average molecular weight is 358 g/mol. The monoisotopic (exact) mass is 358 g/mol. The number of aryl methyl sites for hydroxylation is 1. The number of hydrogen-bond donors (Lipinski definition) is 0. The summed E-state index contributed by atoms with van der Waals surface area (Å²) >= 11 is 0. The molecule has 142 valence electrons. The SMILES string of the molecule is Cn1nc(C2CCN(C(=O)C3CC=CCC3)CC2)n(C2CCCC2)c1=O. The number of hydrogen-bond acceptors (Lipinski definition) is 3. The molecule has 2 heterocycles. The summed E-state index contributed by atoms with van der Waals surface area (Å²) in [4.78, 5) is 27.4. The zero-order chi connectivity index (χ0) is 18.1. The highest BCUT2D eigenvalue weighted by Crippen LogP contribution is 2.34. The summed E-state index contributed by atoms with van der Waals surface area (Å²) in [6.07, 6.45) is 13.6. The van der Waals surface area contributed by atoms with E-state index in [4.69, 9.17) is 0 Å². The lowest BCUT2D eigenvalue weighted by atomic mass is 9.90. The zero-order valence-corrected chi connectivity index (χ0v) is 15.8. The summed E-state index contributed by atoms with van der Waals surface area (Å²) in [7, 11) is 1.76. The van der Waals surface area contributed by atoms with Crippen LogP contribution in [0.25, 0.3) is 0 Å². The molecule has 0 radical (unpaired) electrons. The maximum atomic E-state index is 12.7. The van der Waals surface area contributed by atoms with E-state index >= 15 is 0 Å². The Kier molecular flexibility index (Phi) is 5.00. The van der Waals surface area contributed by atoms with Gasteiger partial charge in [0.2, 0.25) is 5.91 Å². The fourth-order valence-corrected chi connectivity index (χ4v) is 4.92. The van der Waals surface area contributed by atoms with Crippen LogP contribution in [0, 0.1) is 5.92 Å². The first kappa shape index (κ1) is 17.6. The van der Waals surface area contributed by atoms with E-state index in [0.29, 0.717) is 17.9 Å². The van der Waals surface area contributed by atoms with Gasteiger partial charge in [-0.05, 0) is 44.9 Å². The van der Waals surface area contributed by atoms with Crippen molar-refractivity contribution in [2.24, 2.45) is 13.0 Å². The molecule has 1 unspecified atom stereocenters. The normalized spacial score (nSPS) is 25.1. The second kappa shape index (κ2) is 7.41. The van der Waals surface area contributed by atoms with Crippen molar-refractivity contribution < 1.29 is 4.79 Å². The van der Waals surface area contributed by atoms with Gasteiger partial charge in [-0.15, -0.1) is 0 Å². The van der Waals surface area contributed by atoms with Crippen LogP contribution in [-0.2, 0) is 11.8 Å². The van der Waals surface area contributed by atoms with E-state index in [1.807, 2.05) is 9.47 Å². The maximum Gasteiger partial charge on any atom is 0.345 e. The molecule has 2 aliphatic carbocycles. The number of allylic oxidation sites excluding steroid dienone is 2. The van der Waals surface area contributed by atoms with Gasteiger partial charge in [-0.1, -0.05) is 25.0 Å². The average Bonchev–Trinajstić information content (AvgIpc) is 3.31. The van der Waals surface area contributed by atoms with Crippen molar-refractivity contribution in [2.75, 3.05) is 13.1 Å². The third kappa shape index (κ3) is 3.26. The number of rotatable bonds is 3. The summed E-state index contributed by atoms with van der Waals surface area (Å²) in [6, 6.07) is 0.319. The number of nitrogens with zero attached hydrogens (tertiary/aromatic N) is 4. The van der Waals surface area contributed by atoms with Gasteiger partial charge in [0.1, 0.15) is 5.82 Å². The third-order valence-corrected chi connectivity index (χ3v) is 6.46. The number of amides is 1. The van der Waals surface area contributed by atoms with Gasteiger partial charge in [0.15, 0.2) is 0 Å². The molecular formula is C20H30N4O2.